The van der Waals surface area contributed by atoms with Crippen molar-refractivity contribution in [3.05, 3.63) is 53.6 Å². The molecule has 7 heteroatoms. The summed E-state index contributed by atoms with van der Waals surface area (Å²) >= 11 is 0. The van der Waals surface area contributed by atoms with Crippen molar-refractivity contribution < 1.29 is 19.1 Å². The Morgan fingerprint density at radius 2 is 1.97 bits per heavy atom. The highest BCUT2D eigenvalue weighted by molar-refractivity contribution is 5.97. The number of hydrogen-bond donors (Lipinski definition) is 1. The minimum absolute atomic E-state index is 0.206. The Balaban J connectivity index is 1.78. The maximum atomic E-state index is 12.6. The molecule has 0 atom stereocenters. The van der Waals surface area contributed by atoms with Crippen LogP contribution in [0.1, 0.15) is 39.3 Å². The molecule has 158 valence electrons. The van der Waals surface area contributed by atoms with Crippen LogP contribution in [0.2, 0.25) is 0 Å². The van der Waals surface area contributed by atoms with E-state index >= 15 is 0 Å². The van der Waals surface area contributed by atoms with Crippen LogP contribution >= 0.6 is 0 Å². The number of rotatable bonds is 9. The number of amides is 1. The topological polar surface area (TPSA) is 80.8 Å². The number of esters is 1. The van der Waals surface area contributed by atoms with E-state index in [2.05, 4.69) is 10.3 Å². The first-order chi connectivity index (χ1) is 13.8. The molecule has 0 saturated carbocycles. The normalized spacial score (nSPS) is 14.1. The lowest BCUT2D eigenvalue weighted by molar-refractivity contribution is -0.162. The zero-order valence-electron chi connectivity index (χ0n) is 17.7. The van der Waals surface area contributed by atoms with Crippen molar-refractivity contribution in [2.75, 3.05) is 27.1 Å². The average Bonchev–Trinajstić information content (AvgIpc) is 2.70. The molecule has 0 saturated heterocycles. The van der Waals surface area contributed by atoms with Crippen LogP contribution in [0.4, 0.5) is 0 Å². The van der Waals surface area contributed by atoms with E-state index in [0.717, 1.165) is 31.5 Å². The molecule has 1 aromatic heterocycles. The van der Waals surface area contributed by atoms with E-state index in [9.17, 15) is 9.59 Å². The number of carbonyl (C=O) groups is 2. The summed E-state index contributed by atoms with van der Waals surface area (Å²) in [6.07, 6.45) is 7.84. The van der Waals surface area contributed by atoms with Gasteiger partial charge in [0.1, 0.15) is 5.76 Å². The van der Waals surface area contributed by atoms with Crippen LogP contribution in [-0.4, -0.2) is 48.8 Å². The monoisotopic (exact) mass is 401 g/mol. The second kappa shape index (κ2) is 10.8. The predicted octanol–water partition coefficient (Wildman–Crippen LogP) is 2.80. The Labute approximate surface area is 172 Å². The third-order valence-corrected chi connectivity index (χ3v) is 4.36. The molecule has 0 aliphatic heterocycles. The average molecular weight is 402 g/mol. The van der Waals surface area contributed by atoms with E-state index in [-0.39, 0.29) is 18.7 Å². The Morgan fingerprint density at radius 3 is 2.66 bits per heavy atom. The molecule has 1 heterocycles. The van der Waals surface area contributed by atoms with Crippen LogP contribution in [0.3, 0.4) is 0 Å². The van der Waals surface area contributed by atoms with Gasteiger partial charge >= 0.3 is 5.97 Å². The molecular weight excluding hydrogens is 370 g/mol. The number of nitrogens with one attached hydrogen (secondary N) is 1. The summed E-state index contributed by atoms with van der Waals surface area (Å²) < 4.78 is 10.7. The molecule has 2 rings (SSSR count). The third-order valence-electron chi connectivity index (χ3n) is 4.36. The fourth-order valence-corrected chi connectivity index (χ4v) is 2.59. The van der Waals surface area contributed by atoms with Gasteiger partial charge in [-0.1, -0.05) is 12.1 Å². The molecule has 7 nitrogen and oxygen atoms in total. The smallest absolute Gasteiger partial charge is 0.314 e. The lowest BCUT2D eigenvalue weighted by Crippen LogP contribution is -2.37. The first-order valence-corrected chi connectivity index (χ1v) is 9.84. The highest BCUT2D eigenvalue weighted by Gasteiger charge is 2.24. The number of aromatic nitrogens is 1. The van der Waals surface area contributed by atoms with Gasteiger partial charge < -0.3 is 14.8 Å². The van der Waals surface area contributed by atoms with Crippen LogP contribution in [-0.2, 0) is 25.5 Å². The Hall–Kier alpha value is -2.67. The SMILES string of the molecule is CN(CCc1ccccn1)CNC(=O)C1=CCCC=C1OCOC(=O)C(C)(C)C. The molecule has 1 amide bonds. The molecule has 0 fully saturated rings. The van der Waals surface area contributed by atoms with Gasteiger partial charge in [-0.15, -0.1) is 0 Å². The van der Waals surface area contributed by atoms with E-state index in [1.165, 1.54) is 0 Å². The minimum Gasteiger partial charge on any atom is -0.457 e. The summed E-state index contributed by atoms with van der Waals surface area (Å²) in [5, 5.41) is 2.91. The highest BCUT2D eigenvalue weighted by Crippen LogP contribution is 2.21. The van der Waals surface area contributed by atoms with Crippen LogP contribution in [0, 0.1) is 5.41 Å². The van der Waals surface area contributed by atoms with Gasteiger partial charge in [0.25, 0.3) is 5.91 Å². The molecule has 1 aliphatic rings. The molecule has 0 bridgehead atoms. The zero-order valence-corrected chi connectivity index (χ0v) is 17.7. The first kappa shape index (κ1) is 22.6. The summed E-state index contributed by atoms with van der Waals surface area (Å²) in [6.45, 7) is 6.30. The number of allylic oxidation sites excluding steroid dienone is 2. The third kappa shape index (κ3) is 7.69. The van der Waals surface area contributed by atoms with Gasteiger partial charge in [-0.3, -0.25) is 19.5 Å². The molecule has 0 unspecified atom stereocenters. The van der Waals surface area contributed by atoms with Gasteiger partial charge in [-0.05, 0) is 58.9 Å². The molecular formula is C22H31N3O4. The lowest BCUT2D eigenvalue weighted by atomic mass is 9.98. The maximum absolute atomic E-state index is 12.6. The molecule has 1 N–H and O–H groups in total. The summed E-state index contributed by atoms with van der Waals surface area (Å²) in [5.41, 5.74) is 0.894. The summed E-state index contributed by atoms with van der Waals surface area (Å²) in [6, 6.07) is 5.84. The second-order valence-electron chi connectivity index (χ2n) is 8.02. The largest absolute Gasteiger partial charge is 0.457 e. The van der Waals surface area contributed by atoms with E-state index in [1.54, 1.807) is 27.0 Å². The van der Waals surface area contributed by atoms with Crippen molar-refractivity contribution >= 4 is 11.9 Å². The van der Waals surface area contributed by atoms with Crippen molar-refractivity contribution in [1.82, 2.24) is 15.2 Å². The Morgan fingerprint density at radius 1 is 1.21 bits per heavy atom. The molecule has 1 aliphatic carbocycles. The fraction of sp³-hybridized carbons (Fsp3) is 0.500. The van der Waals surface area contributed by atoms with Crippen molar-refractivity contribution in [2.24, 2.45) is 5.41 Å². The van der Waals surface area contributed by atoms with Gasteiger partial charge in [-0.25, -0.2) is 0 Å². The zero-order chi connectivity index (χ0) is 21.3. The number of pyridine rings is 1. The van der Waals surface area contributed by atoms with E-state index in [0.29, 0.717) is 18.0 Å². The number of nitrogens with zero attached hydrogens (tertiary/aromatic N) is 2. The lowest BCUT2D eigenvalue weighted by Gasteiger charge is -2.21. The van der Waals surface area contributed by atoms with Crippen molar-refractivity contribution in [3.8, 4) is 0 Å². The first-order valence-electron chi connectivity index (χ1n) is 9.84. The fourth-order valence-electron chi connectivity index (χ4n) is 2.59. The van der Waals surface area contributed by atoms with Gasteiger partial charge in [0, 0.05) is 24.9 Å². The maximum Gasteiger partial charge on any atom is 0.314 e. The van der Waals surface area contributed by atoms with Gasteiger partial charge in [0.2, 0.25) is 6.79 Å². The van der Waals surface area contributed by atoms with E-state index < -0.39 is 5.41 Å². The van der Waals surface area contributed by atoms with Crippen molar-refractivity contribution in [3.63, 3.8) is 0 Å². The molecule has 0 aromatic carbocycles. The standard InChI is InChI=1S/C22H31N3O4/c1-22(2,3)21(27)29-16-28-19-11-6-5-10-18(19)20(26)24-15-25(4)14-12-17-9-7-8-13-23-17/h7-11,13H,5-6,12,14-16H2,1-4H3,(H,24,26). The number of carbonyl (C=O) groups excluding carboxylic acids is 2. The van der Waals surface area contributed by atoms with E-state index in [4.69, 9.17) is 9.47 Å². The summed E-state index contributed by atoms with van der Waals surface area (Å²) in [4.78, 5) is 30.8. The van der Waals surface area contributed by atoms with Crippen molar-refractivity contribution in [2.45, 2.75) is 40.0 Å². The quantitative estimate of drug-likeness (QED) is 0.506. The van der Waals surface area contributed by atoms with Crippen LogP contribution in [0.25, 0.3) is 0 Å². The molecule has 29 heavy (non-hydrogen) atoms. The van der Waals surface area contributed by atoms with Crippen LogP contribution in [0.15, 0.2) is 47.9 Å². The number of ether oxygens (including phenoxy) is 2. The van der Waals surface area contributed by atoms with E-state index in [1.807, 2.05) is 42.3 Å². The molecule has 0 radical (unpaired) electrons. The van der Waals surface area contributed by atoms with Gasteiger partial charge in [0.05, 0.1) is 17.7 Å². The Bertz CT molecular complexity index is 751. The van der Waals surface area contributed by atoms with Crippen molar-refractivity contribution in [1.29, 1.82) is 0 Å². The van der Waals surface area contributed by atoms with Gasteiger partial charge in [-0.2, -0.15) is 0 Å². The minimum atomic E-state index is -0.597. The number of hydrogen-bond acceptors (Lipinski definition) is 6. The molecule has 1 aromatic rings. The number of likely N-dealkylation sites (N-methyl/N-ethyl adjacent to an activating group) is 1. The predicted molar refractivity (Wildman–Crippen MR) is 110 cm³/mol. The second-order valence-corrected chi connectivity index (χ2v) is 8.02. The highest BCUT2D eigenvalue weighted by atomic mass is 16.7. The molecule has 0 spiro atoms. The van der Waals surface area contributed by atoms with Crippen LogP contribution < -0.4 is 5.32 Å². The summed E-state index contributed by atoms with van der Waals surface area (Å²) in [7, 11) is 1.94. The Kier molecular flexibility index (Phi) is 8.39. The van der Waals surface area contributed by atoms with Gasteiger partial charge in [0.15, 0.2) is 0 Å². The summed E-state index contributed by atoms with van der Waals surface area (Å²) in [5.74, 6) is -0.104. The van der Waals surface area contributed by atoms with Crippen LogP contribution in [0.5, 0.6) is 0 Å².